The van der Waals surface area contributed by atoms with Crippen molar-refractivity contribution >= 4 is 0 Å². The van der Waals surface area contributed by atoms with Crippen LogP contribution in [0.1, 0.15) is 31.9 Å². The molecule has 21 heavy (non-hydrogen) atoms. The maximum Gasteiger partial charge on any atom is 0.203 e. The van der Waals surface area contributed by atoms with Gasteiger partial charge >= 0.3 is 0 Å². The first kappa shape index (κ1) is 15.9. The van der Waals surface area contributed by atoms with Crippen molar-refractivity contribution in [2.45, 2.75) is 38.5 Å². The van der Waals surface area contributed by atoms with Crippen LogP contribution in [0.5, 0.6) is 17.2 Å². The van der Waals surface area contributed by atoms with Gasteiger partial charge in [0.2, 0.25) is 5.75 Å². The first-order chi connectivity index (χ1) is 10.1. The highest BCUT2D eigenvalue weighted by atomic mass is 16.5. The summed E-state index contributed by atoms with van der Waals surface area (Å²) in [4.78, 5) is 0. The molecule has 0 spiro atoms. The van der Waals surface area contributed by atoms with Gasteiger partial charge in [0.25, 0.3) is 0 Å². The summed E-state index contributed by atoms with van der Waals surface area (Å²) in [7, 11) is 4.87. The lowest BCUT2D eigenvalue weighted by Crippen LogP contribution is -2.36. The molecule has 1 aromatic carbocycles. The molecule has 1 aliphatic rings. The highest BCUT2D eigenvalue weighted by molar-refractivity contribution is 5.54. The molecule has 0 radical (unpaired) electrons. The summed E-state index contributed by atoms with van der Waals surface area (Å²) < 4.78 is 21.8. The van der Waals surface area contributed by atoms with Gasteiger partial charge < -0.3 is 24.3 Å². The number of nitrogens with one attached hydrogen (secondary N) is 1. The lowest BCUT2D eigenvalue weighted by Gasteiger charge is -2.23. The Morgan fingerprint density at radius 1 is 1.14 bits per heavy atom. The molecule has 0 bridgehead atoms. The Bertz CT molecular complexity index is 452. The maximum absolute atomic E-state index is 5.60. The molecule has 0 aliphatic carbocycles. The smallest absolute Gasteiger partial charge is 0.203 e. The lowest BCUT2D eigenvalue weighted by atomic mass is 10.0. The predicted octanol–water partition coefficient (Wildman–Crippen LogP) is 2.54. The van der Waals surface area contributed by atoms with E-state index < -0.39 is 0 Å². The summed E-state index contributed by atoms with van der Waals surface area (Å²) in [5.74, 6) is 1.97. The molecule has 1 fully saturated rings. The van der Waals surface area contributed by atoms with Gasteiger partial charge in [-0.3, -0.25) is 0 Å². The van der Waals surface area contributed by atoms with Crippen LogP contribution in [0.2, 0.25) is 0 Å². The molecule has 1 saturated heterocycles. The van der Waals surface area contributed by atoms with Crippen LogP contribution >= 0.6 is 0 Å². The van der Waals surface area contributed by atoms with Crippen molar-refractivity contribution in [3.63, 3.8) is 0 Å². The van der Waals surface area contributed by atoms with Crippen molar-refractivity contribution in [2.24, 2.45) is 0 Å². The van der Waals surface area contributed by atoms with E-state index in [0.717, 1.165) is 18.6 Å². The molecule has 0 aromatic heterocycles. The fourth-order valence-corrected chi connectivity index (χ4v) is 2.72. The summed E-state index contributed by atoms with van der Waals surface area (Å²) in [5.41, 5.74) is 1.10. The van der Waals surface area contributed by atoms with Crippen LogP contribution in [0, 0.1) is 0 Å². The van der Waals surface area contributed by atoms with E-state index in [1.54, 1.807) is 21.3 Å². The molecule has 1 aliphatic heterocycles. The second kappa shape index (κ2) is 7.00. The number of methoxy groups -OCH3 is 3. The van der Waals surface area contributed by atoms with Gasteiger partial charge in [0.05, 0.1) is 27.4 Å². The number of benzene rings is 1. The second-order valence-electron chi connectivity index (χ2n) is 5.32. The predicted molar refractivity (Wildman–Crippen MR) is 81.5 cm³/mol. The van der Waals surface area contributed by atoms with Gasteiger partial charge in [-0.25, -0.2) is 0 Å². The van der Waals surface area contributed by atoms with Crippen LogP contribution in [0.25, 0.3) is 0 Å². The minimum Gasteiger partial charge on any atom is -0.493 e. The minimum absolute atomic E-state index is 0.174. The summed E-state index contributed by atoms with van der Waals surface area (Å²) in [6.07, 6.45) is 1.28. The van der Waals surface area contributed by atoms with Crippen molar-refractivity contribution in [3.8, 4) is 17.2 Å². The van der Waals surface area contributed by atoms with E-state index in [9.17, 15) is 0 Å². The highest BCUT2D eigenvalue weighted by Gasteiger charge is 2.26. The molecule has 0 saturated carbocycles. The first-order valence-corrected chi connectivity index (χ1v) is 7.28. The third-order valence-electron chi connectivity index (χ3n) is 4.03. The zero-order valence-electron chi connectivity index (χ0n) is 13.4. The van der Waals surface area contributed by atoms with Gasteiger partial charge in [-0.15, -0.1) is 0 Å². The Labute approximate surface area is 126 Å². The highest BCUT2D eigenvalue weighted by Crippen LogP contribution is 2.39. The van der Waals surface area contributed by atoms with Crippen LogP contribution in [0.15, 0.2) is 12.1 Å². The maximum atomic E-state index is 5.60. The van der Waals surface area contributed by atoms with Crippen molar-refractivity contribution in [2.75, 3.05) is 27.9 Å². The van der Waals surface area contributed by atoms with Crippen LogP contribution < -0.4 is 19.5 Å². The molecule has 5 nitrogen and oxygen atoms in total. The minimum atomic E-state index is 0.174. The SMILES string of the molecule is COc1cc(C(C)NC2CCOC2C)cc(OC)c1OC. The third kappa shape index (κ3) is 3.41. The number of hydrogen-bond donors (Lipinski definition) is 1. The van der Waals surface area contributed by atoms with Crippen molar-refractivity contribution in [1.29, 1.82) is 0 Å². The Morgan fingerprint density at radius 2 is 1.76 bits per heavy atom. The number of hydrogen-bond acceptors (Lipinski definition) is 5. The van der Waals surface area contributed by atoms with Crippen LogP contribution in [0.4, 0.5) is 0 Å². The monoisotopic (exact) mass is 295 g/mol. The lowest BCUT2D eigenvalue weighted by molar-refractivity contribution is 0.111. The average Bonchev–Trinajstić information content (AvgIpc) is 2.90. The Balaban J connectivity index is 2.22. The van der Waals surface area contributed by atoms with Gasteiger partial charge in [-0.2, -0.15) is 0 Å². The fraction of sp³-hybridized carbons (Fsp3) is 0.625. The van der Waals surface area contributed by atoms with Crippen molar-refractivity contribution in [1.82, 2.24) is 5.32 Å². The van der Waals surface area contributed by atoms with E-state index in [-0.39, 0.29) is 12.1 Å². The summed E-state index contributed by atoms with van der Waals surface area (Å²) >= 11 is 0. The van der Waals surface area contributed by atoms with Crippen molar-refractivity contribution < 1.29 is 18.9 Å². The number of rotatable bonds is 6. The van der Waals surface area contributed by atoms with E-state index >= 15 is 0 Å². The van der Waals surface area contributed by atoms with Gasteiger partial charge in [0.1, 0.15) is 0 Å². The number of ether oxygens (including phenoxy) is 4. The van der Waals surface area contributed by atoms with Gasteiger partial charge in [-0.1, -0.05) is 0 Å². The molecule has 3 unspecified atom stereocenters. The zero-order valence-corrected chi connectivity index (χ0v) is 13.4. The van der Waals surface area contributed by atoms with Crippen LogP contribution in [0.3, 0.4) is 0 Å². The molecule has 118 valence electrons. The van der Waals surface area contributed by atoms with Gasteiger partial charge in [-0.05, 0) is 38.0 Å². The topological polar surface area (TPSA) is 49.0 Å². The molecule has 3 atom stereocenters. The Kier molecular flexibility index (Phi) is 5.31. The Morgan fingerprint density at radius 3 is 2.19 bits per heavy atom. The zero-order chi connectivity index (χ0) is 15.4. The summed E-state index contributed by atoms with van der Waals surface area (Å²) in [6, 6.07) is 4.52. The molecular formula is C16H25NO4. The van der Waals surface area contributed by atoms with E-state index in [0.29, 0.717) is 23.3 Å². The van der Waals surface area contributed by atoms with Crippen LogP contribution in [-0.2, 0) is 4.74 Å². The normalized spacial score (nSPS) is 22.9. The molecule has 1 N–H and O–H groups in total. The molecule has 2 rings (SSSR count). The van der Waals surface area contributed by atoms with Gasteiger partial charge in [0.15, 0.2) is 11.5 Å². The molecule has 0 amide bonds. The van der Waals surface area contributed by atoms with Crippen LogP contribution in [-0.4, -0.2) is 40.1 Å². The average molecular weight is 295 g/mol. The largest absolute Gasteiger partial charge is 0.493 e. The Hall–Kier alpha value is -1.46. The van der Waals surface area contributed by atoms with Gasteiger partial charge in [0, 0.05) is 18.7 Å². The van der Waals surface area contributed by atoms with E-state index in [1.807, 2.05) is 12.1 Å². The second-order valence-corrected chi connectivity index (χ2v) is 5.32. The summed E-state index contributed by atoms with van der Waals surface area (Å²) in [5, 5.41) is 3.61. The van der Waals surface area contributed by atoms with E-state index in [4.69, 9.17) is 18.9 Å². The fourth-order valence-electron chi connectivity index (χ4n) is 2.72. The molecule has 5 heteroatoms. The quantitative estimate of drug-likeness (QED) is 0.874. The first-order valence-electron chi connectivity index (χ1n) is 7.28. The molecule has 1 heterocycles. The van der Waals surface area contributed by atoms with E-state index in [2.05, 4.69) is 19.2 Å². The summed E-state index contributed by atoms with van der Waals surface area (Å²) in [6.45, 7) is 5.05. The van der Waals surface area contributed by atoms with E-state index in [1.165, 1.54) is 0 Å². The van der Waals surface area contributed by atoms with Crippen molar-refractivity contribution in [3.05, 3.63) is 17.7 Å². The standard InChI is InChI=1S/C16H25NO4/c1-10(17-13-6-7-21-11(13)2)12-8-14(18-3)16(20-5)15(9-12)19-4/h8-11,13,17H,6-7H2,1-5H3. The molecule has 1 aromatic rings. The molecular weight excluding hydrogens is 270 g/mol. The third-order valence-corrected chi connectivity index (χ3v) is 4.03.